The van der Waals surface area contributed by atoms with Gasteiger partial charge in [-0.1, -0.05) is 0 Å². The number of thioether (sulfide) groups is 1. The first-order valence-corrected chi connectivity index (χ1v) is 7.33. The molecule has 2 aromatic heterocycles. The molecule has 0 saturated heterocycles. The third kappa shape index (κ3) is 3.86. The van der Waals surface area contributed by atoms with E-state index in [1.807, 2.05) is 13.8 Å². The predicted molar refractivity (Wildman–Crippen MR) is 74.1 cm³/mol. The Bertz CT molecular complexity index is 518. The number of hydrogen-bond donors (Lipinski definition) is 1. The van der Waals surface area contributed by atoms with Gasteiger partial charge in [0, 0.05) is 11.3 Å². The molecule has 0 aliphatic carbocycles. The fourth-order valence-electron chi connectivity index (χ4n) is 1.24. The SMILES string of the molecule is CC(C)(N)CSCc1nnc(-c2ccc(Br)o2)o1. The topological polar surface area (TPSA) is 78.1 Å². The van der Waals surface area contributed by atoms with Crippen LogP contribution in [0.3, 0.4) is 0 Å². The minimum atomic E-state index is -0.195. The van der Waals surface area contributed by atoms with Crippen molar-refractivity contribution in [2.45, 2.75) is 25.1 Å². The molecule has 18 heavy (non-hydrogen) atoms. The van der Waals surface area contributed by atoms with E-state index in [-0.39, 0.29) is 5.54 Å². The minimum absolute atomic E-state index is 0.195. The number of nitrogens with zero attached hydrogens (tertiary/aromatic N) is 2. The highest BCUT2D eigenvalue weighted by Crippen LogP contribution is 2.25. The van der Waals surface area contributed by atoms with Crippen LogP contribution in [0.2, 0.25) is 0 Å². The first kappa shape index (κ1) is 13.6. The van der Waals surface area contributed by atoms with E-state index in [4.69, 9.17) is 14.6 Å². The lowest BCUT2D eigenvalue weighted by molar-refractivity contribution is 0.486. The van der Waals surface area contributed by atoms with E-state index in [1.165, 1.54) is 0 Å². The Kier molecular flexibility index (Phi) is 4.14. The molecule has 0 bridgehead atoms. The van der Waals surface area contributed by atoms with Gasteiger partial charge in [0.15, 0.2) is 10.4 Å². The molecule has 0 aliphatic heterocycles. The number of furan rings is 1. The Hall–Kier alpha value is -0.790. The van der Waals surface area contributed by atoms with Crippen LogP contribution >= 0.6 is 27.7 Å². The van der Waals surface area contributed by atoms with Crippen LogP contribution in [0.1, 0.15) is 19.7 Å². The molecule has 0 amide bonds. The average Bonchev–Trinajstić information content (AvgIpc) is 2.85. The fourth-order valence-corrected chi connectivity index (χ4v) is 2.47. The Morgan fingerprint density at radius 3 is 2.72 bits per heavy atom. The van der Waals surface area contributed by atoms with Gasteiger partial charge < -0.3 is 14.6 Å². The minimum Gasteiger partial charge on any atom is -0.444 e. The summed E-state index contributed by atoms with van der Waals surface area (Å²) in [5.74, 6) is 3.01. The van der Waals surface area contributed by atoms with Gasteiger partial charge in [0.1, 0.15) is 0 Å². The van der Waals surface area contributed by atoms with Gasteiger partial charge in [-0.3, -0.25) is 0 Å². The normalized spacial score (nSPS) is 12.0. The van der Waals surface area contributed by atoms with Gasteiger partial charge >= 0.3 is 0 Å². The maximum absolute atomic E-state index is 5.89. The van der Waals surface area contributed by atoms with Crippen LogP contribution < -0.4 is 5.73 Å². The van der Waals surface area contributed by atoms with E-state index in [0.29, 0.717) is 28.0 Å². The van der Waals surface area contributed by atoms with Crippen molar-refractivity contribution in [3.63, 3.8) is 0 Å². The number of hydrogen-bond acceptors (Lipinski definition) is 6. The molecule has 0 saturated carbocycles. The summed E-state index contributed by atoms with van der Waals surface area (Å²) in [5, 5.41) is 7.91. The number of halogens is 1. The second-order valence-corrected chi connectivity index (χ2v) is 6.35. The highest BCUT2D eigenvalue weighted by Gasteiger charge is 2.14. The van der Waals surface area contributed by atoms with Crippen molar-refractivity contribution in [1.29, 1.82) is 0 Å². The van der Waals surface area contributed by atoms with E-state index in [9.17, 15) is 0 Å². The molecular formula is C11H14BrN3O2S. The molecular weight excluding hydrogens is 318 g/mol. The molecule has 0 fully saturated rings. The molecule has 7 heteroatoms. The molecule has 2 rings (SSSR count). The average molecular weight is 332 g/mol. The van der Waals surface area contributed by atoms with Gasteiger partial charge in [-0.25, -0.2) is 0 Å². The molecule has 0 unspecified atom stereocenters. The summed E-state index contributed by atoms with van der Waals surface area (Å²) in [6.45, 7) is 3.97. The van der Waals surface area contributed by atoms with Crippen LogP contribution in [0.4, 0.5) is 0 Å². The molecule has 2 N–H and O–H groups in total. The second kappa shape index (κ2) is 5.46. The third-order valence-corrected chi connectivity index (χ3v) is 3.78. The van der Waals surface area contributed by atoms with Crippen molar-refractivity contribution in [1.82, 2.24) is 10.2 Å². The maximum atomic E-state index is 5.89. The molecule has 5 nitrogen and oxygen atoms in total. The van der Waals surface area contributed by atoms with Crippen LogP contribution in [0.25, 0.3) is 11.7 Å². The highest BCUT2D eigenvalue weighted by atomic mass is 79.9. The lowest BCUT2D eigenvalue weighted by Crippen LogP contribution is -2.34. The monoisotopic (exact) mass is 331 g/mol. The highest BCUT2D eigenvalue weighted by molar-refractivity contribution is 9.10. The summed E-state index contributed by atoms with van der Waals surface area (Å²) in [4.78, 5) is 0. The summed E-state index contributed by atoms with van der Waals surface area (Å²) < 4.78 is 11.5. The smallest absolute Gasteiger partial charge is 0.283 e. The van der Waals surface area contributed by atoms with E-state index >= 15 is 0 Å². The largest absolute Gasteiger partial charge is 0.444 e. The molecule has 2 aromatic rings. The van der Waals surface area contributed by atoms with E-state index < -0.39 is 0 Å². The van der Waals surface area contributed by atoms with Crippen LogP contribution in [0, 0.1) is 0 Å². The van der Waals surface area contributed by atoms with Crippen molar-refractivity contribution in [3.05, 3.63) is 22.7 Å². The molecule has 0 spiro atoms. The van der Waals surface area contributed by atoms with Crippen LogP contribution in [-0.4, -0.2) is 21.5 Å². The molecule has 0 aromatic carbocycles. The molecule has 0 atom stereocenters. The standard InChI is InChI=1S/C11H14BrN3O2S/c1-11(2,13)6-18-5-9-14-15-10(17-9)7-3-4-8(12)16-7/h3-4H,5-6,13H2,1-2H3. The van der Waals surface area contributed by atoms with Crippen LogP contribution in [-0.2, 0) is 5.75 Å². The lowest BCUT2D eigenvalue weighted by Gasteiger charge is -2.16. The molecule has 2 heterocycles. The third-order valence-electron chi connectivity index (χ3n) is 1.95. The van der Waals surface area contributed by atoms with Gasteiger partial charge in [0.2, 0.25) is 5.89 Å². The molecule has 98 valence electrons. The predicted octanol–water partition coefficient (Wildman–Crippen LogP) is 3.06. The summed E-state index contributed by atoms with van der Waals surface area (Å²) in [6, 6.07) is 3.56. The van der Waals surface area contributed by atoms with Crippen LogP contribution in [0.15, 0.2) is 25.6 Å². The first-order valence-electron chi connectivity index (χ1n) is 5.39. The van der Waals surface area contributed by atoms with E-state index in [0.717, 1.165) is 5.75 Å². The second-order valence-electron chi connectivity index (χ2n) is 4.59. The summed E-state index contributed by atoms with van der Waals surface area (Å²) in [6.07, 6.45) is 0. The Balaban J connectivity index is 1.94. The number of aromatic nitrogens is 2. The van der Waals surface area contributed by atoms with E-state index in [2.05, 4.69) is 26.1 Å². The summed E-state index contributed by atoms with van der Waals surface area (Å²) in [7, 11) is 0. The summed E-state index contributed by atoms with van der Waals surface area (Å²) >= 11 is 4.89. The first-order chi connectivity index (χ1) is 8.44. The summed E-state index contributed by atoms with van der Waals surface area (Å²) in [5.41, 5.74) is 5.70. The van der Waals surface area contributed by atoms with E-state index in [1.54, 1.807) is 23.9 Å². The Morgan fingerprint density at radius 2 is 2.11 bits per heavy atom. The van der Waals surface area contributed by atoms with Crippen LogP contribution in [0.5, 0.6) is 0 Å². The zero-order valence-electron chi connectivity index (χ0n) is 10.1. The molecule has 0 aliphatic rings. The molecule has 0 radical (unpaired) electrons. The quantitative estimate of drug-likeness (QED) is 0.907. The maximum Gasteiger partial charge on any atom is 0.283 e. The lowest BCUT2D eigenvalue weighted by atomic mass is 10.1. The van der Waals surface area contributed by atoms with Crippen molar-refractivity contribution in [2.24, 2.45) is 5.73 Å². The fraction of sp³-hybridized carbons (Fsp3) is 0.455. The number of rotatable bonds is 5. The van der Waals surface area contributed by atoms with Gasteiger partial charge in [-0.15, -0.1) is 10.2 Å². The van der Waals surface area contributed by atoms with Gasteiger partial charge in [0.05, 0.1) is 5.75 Å². The zero-order valence-corrected chi connectivity index (χ0v) is 12.5. The van der Waals surface area contributed by atoms with Gasteiger partial charge in [-0.05, 0) is 41.9 Å². The van der Waals surface area contributed by atoms with Gasteiger partial charge in [-0.2, -0.15) is 11.8 Å². The Morgan fingerprint density at radius 1 is 1.33 bits per heavy atom. The van der Waals surface area contributed by atoms with Crippen molar-refractivity contribution in [3.8, 4) is 11.7 Å². The zero-order chi connectivity index (χ0) is 13.2. The van der Waals surface area contributed by atoms with Crippen molar-refractivity contribution < 1.29 is 8.83 Å². The Labute approximate surface area is 118 Å². The van der Waals surface area contributed by atoms with Gasteiger partial charge in [0.25, 0.3) is 5.89 Å². The van der Waals surface area contributed by atoms with Crippen molar-refractivity contribution >= 4 is 27.7 Å². The number of nitrogens with two attached hydrogens (primary N) is 1. The van der Waals surface area contributed by atoms with Crippen molar-refractivity contribution in [2.75, 3.05) is 5.75 Å².